The van der Waals surface area contributed by atoms with Gasteiger partial charge in [0.05, 0.1) is 6.10 Å². The van der Waals surface area contributed by atoms with Crippen molar-refractivity contribution in [1.29, 1.82) is 0 Å². The summed E-state index contributed by atoms with van der Waals surface area (Å²) in [6.07, 6.45) is 5.40. The topological polar surface area (TPSA) is 175 Å². The third-order valence-corrected chi connectivity index (χ3v) is 9.53. The lowest BCUT2D eigenvalue weighted by Gasteiger charge is -2.62. The molecule has 0 amide bonds. The molecule has 3 saturated carbocycles. The van der Waals surface area contributed by atoms with Crippen molar-refractivity contribution in [2.45, 2.75) is 96.9 Å². The Morgan fingerprint density at radius 1 is 1.13 bits per heavy atom. The number of aliphatic hydroxyl groups excluding tert-OH is 2. The number of ketones is 2. The zero-order chi connectivity index (χ0) is 30.0. The van der Waals surface area contributed by atoms with Gasteiger partial charge in [0.15, 0.2) is 17.2 Å². The van der Waals surface area contributed by atoms with E-state index in [0.29, 0.717) is 31.3 Å². The molecule has 3 N–H and O–H groups in total. The van der Waals surface area contributed by atoms with Crippen LogP contribution < -0.4 is 10.2 Å². The molecule has 0 aromatic carbocycles. The van der Waals surface area contributed by atoms with E-state index in [-0.39, 0.29) is 31.0 Å². The van der Waals surface area contributed by atoms with Crippen molar-refractivity contribution < 1.29 is 49.1 Å². The fourth-order valence-corrected chi connectivity index (χ4v) is 7.47. The fourth-order valence-electron chi connectivity index (χ4n) is 7.47. The van der Waals surface area contributed by atoms with Crippen LogP contribution in [0.15, 0.2) is 23.8 Å². The highest BCUT2D eigenvalue weighted by Gasteiger charge is 2.75. The second kappa shape index (κ2) is 12.0. The van der Waals surface area contributed by atoms with Gasteiger partial charge in [-0.2, -0.15) is 0 Å². The summed E-state index contributed by atoms with van der Waals surface area (Å²) in [6.45, 7) is 7.82. The molecule has 3 fully saturated rings. The Labute approximate surface area is 228 Å². The molecule has 4 rings (SSSR count). The van der Waals surface area contributed by atoms with Crippen LogP contribution in [0.3, 0.4) is 0 Å². The number of hydrogen-bond donors (Lipinski definition) is 3. The number of Topliss-reactive ketones (excluding diaryl/α,β-unsaturated/α-hetero) is 1. The first-order valence-electron chi connectivity index (χ1n) is 13.6. The number of alkyl halides is 1. The monoisotopic (exact) mass is 552 g/mol. The third kappa shape index (κ3) is 5.35. The molecule has 10 heteroatoms. The maximum atomic E-state index is 16.9. The number of carbonyl (C=O) groups is 4. The summed E-state index contributed by atoms with van der Waals surface area (Å²) < 4.78 is 16.9. The Morgan fingerprint density at radius 3 is 2.18 bits per heavy atom. The quantitative estimate of drug-likeness (QED) is 0.440. The highest BCUT2D eigenvalue weighted by molar-refractivity contribution is 6.01. The molecule has 220 valence electrons. The Morgan fingerprint density at radius 2 is 1.72 bits per heavy atom. The number of fused-ring (bicyclic) bond motifs is 5. The molecule has 0 bridgehead atoms. The van der Waals surface area contributed by atoms with Crippen LogP contribution in [0.1, 0.15) is 79.6 Å². The standard InChI is InChI=1S/C22H29FO5.C4H8O2.C3H6O2/c1-12-8-16-15-5-4-13-9-14(25)6-7-19(13,2)21(15,23)17(26)10-20(16,3)22(12,28)18(27)11-24;1-2-3-4(5)6;1-2-3(4)5/h6-7,9,12,15-17,24,26,28H,4-5,8,10-11H2,1-3H3;2-3H2,1H3,(H,5,6);2H2,1H3,(H,4,5)/p-2. The predicted octanol–water partition coefficient (Wildman–Crippen LogP) is 0.578. The largest absolute Gasteiger partial charge is 0.550 e. The Kier molecular flexibility index (Phi) is 10.1. The number of halogens is 1. The summed E-state index contributed by atoms with van der Waals surface area (Å²) in [5, 5.41) is 50.7. The Bertz CT molecular complexity index is 1040. The van der Waals surface area contributed by atoms with Crippen LogP contribution in [-0.2, 0) is 19.2 Å². The summed E-state index contributed by atoms with van der Waals surface area (Å²) in [6, 6.07) is 0. The molecule has 0 aromatic rings. The number of carboxylic acids is 2. The highest BCUT2D eigenvalue weighted by atomic mass is 19.1. The molecule has 0 radical (unpaired) electrons. The van der Waals surface area contributed by atoms with E-state index in [0.717, 1.165) is 0 Å². The number of carbonyl (C=O) groups excluding carboxylic acids is 4. The summed E-state index contributed by atoms with van der Waals surface area (Å²) in [4.78, 5) is 43.1. The van der Waals surface area contributed by atoms with Crippen molar-refractivity contribution in [2.75, 3.05) is 6.61 Å². The van der Waals surface area contributed by atoms with E-state index in [9.17, 15) is 44.7 Å². The first-order chi connectivity index (χ1) is 18.0. The predicted molar refractivity (Wildman–Crippen MR) is 135 cm³/mol. The van der Waals surface area contributed by atoms with Crippen molar-refractivity contribution in [1.82, 2.24) is 0 Å². The van der Waals surface area contributed by atoms with Crippen LogP contribution in [-0.4, -0.2) is 62.8 Å². The molecule has 4 aliphatic rings. The van der Waals surface area contributed by atoms with Gasteiger partial charge in [0, 0.05) is 28.7 Å². The molecule has 4 aliphatic carbocycles. The van der Waals surface area contributed by atoms with E-state index in [1.807, 2.05) is 0 Å². The first kappa shape index (κ1) is 32.8. The van der Waals surface area contributed by atoms with E-state index in [1.165, 1.54) is 19.1 Å². The minimum Gasteiger partial charge on any atom is -0.550 e. The van der Waals surface area contributed by atoms with Crippen molar-refractivity contribution in [2.24, 2.45) is 28.6 Å². The van der Waals surface area contributed by atoms with Crippen molar-refractivity contribution in [3.05, 3.63) is 23.8 Å². The molecule has 8 unspecified atom stereocenters. The number of allylic oxidation sites excluding steroid dienone is 4. The van der Waals surface area contributed by atoms with Gasteiger partial charge in [0.1, 0.15) is 12.2 Å². The van der Waals surface area contributed by atoms with Gasteiger partial charge < -0.3 is 35.1 Å². The van der Waals surface area contributed by atoms with Gasteiger partial charge in [-0.3, -0.25) is 9.59 Å². The van der Waals surface area contributed by atoms with Crippen LogP contribution in [0, 0.1) is 28.6 Å². The molecule has 0 spiro atoms. The minimum absolute atomic E-state index is 0.0676. The van der Waals surface area contributed by atoms with E-state index >= 15 is 4.39 Å². The molecular formula is C29H41FO9-2. The van der Waals surface area contributed by atoms with Crippen LogP contribution in [0.2, 0.25) is 0 Å². The number of carboxylic acid groups (broad SMARTS) is 2. The molecule has 39 heavy (non-hydrogen) atoms. The van der Waals surface area contributed by atoms with Gasteiger partial charge >= 0.3 is 0 Å². The summed E-state index contributed by atoms with van der Waals surface area (Å²) >= 11 is 0. The molecule has 0 aliphatic heterocycles. The zero-order valence-electron chi connectivity index (χ0n) is 23.4. The SMILES string of the molecule is CC1CC2C3CCC4=CC(=O)C=CC4(C)C3(F)C(O)CC2(C)C1(O)C(=O)CO.CCC(=O)[O-].CCCC(=O)[O-]. The number of aliphatic carboxylic acids is 2. The van der Waals surface area contributed by atoms with Gasteiger partial charge in [-0.25, -0.2) is 4.39 Å². The Hall–Kier alpha value is -2.43. The fraction of sp³-hybridized carbons (Fsp3) is 0.724. The Balaban J connectivity index is 0.000000412. The molecule has 9 nitrogen and oxygen atoms in total. The number of rotatable bonds is 5. The van der Waals surface area contributed by atoms with Crippen LogP contribution in [0.4, 0.5) is 4.39 Å². The lowest BCUT2D eigenvalue weighted by Crippen LogP contribution is -2.69. The maximum Gasteiger partial charge on any atom is 0.190 e. The van der Waals surface area contributed by atoms with Gasteiger partial charge in [-0.1, -0.05) is 45.8 Å². The van der Waals surface area contributed by atoms with E-state index in [4.69, 9.17) is 0 Å². The first-order valence-corrected chi connectivity index (χ1v) is 13.6. The van der Waals surface area contributed by atoms with Gasteiger partial charge in [-0.15, -0.1) is 0 Å². The van der Waals surface area contributed by atoms with Crippen LogP contribution in [0.5, 0.6) is 0 Å². The highest BCUT2D eigenvalue weighted by Crippen LogP contribution is 2.70. The maximum absolute atomic E-state index is 16.9. The molecule has 8 atom stereocenters. The molecule has 0 aromatic heterocycles. The van der Waals surface area contributed by atoms with Gasteiger partial charge in [0.2, 0.25) is 0 Å². The minimum atomic E-state index is -1.98. The zero-order valence-corrected chi connectivity index (χ0v) is 23.4. The van der Waals surface area contributed by atoms with Gasteiger partial charge in [-0.05, 0) is 69.4 Å². The van der Waals surface area contributed by atoms with Crippen LogP contribution >= 0.6 is 0 Å². The lowest BCUT2D eigenvalue weighted by molar-refractivity contribution is -0.306. The van der Waals surface area contributed by atoms with Gasteiger partial charge in [0.25, 0.3) is 0 Å². The van der Waals surface area contributed by atoms with E-state index < -0.39 is 64.4 Å². The summed E-state index contributed by atoms with van der Waals surface area (Å²) in [7, 11) is 0. The number of hydrogen-bond acceptors (Lipinski definition) is 9. The second-order valence-corrected chi connectivity index (χ2v) is 11.6. The summed E-state index contributed by atoms with van der Waals surface area (Å²) in [5.41, 5.74) is -5.17. The molecular weight excluding hydrogens is 511 g/mol. The van der Waals surface area contributed by atoms with E-state index in [2.05, 4.69) is 0 Å². The average Bonchev–Trinajstić information content (AvgIpc) is 3.07. The normalized spacial score (nSPS) is 39.9. The van der Waals surface area contributed by atoms with E-state index in [1.54, 1.807) is 33.8 Å². The van der Waals surface area contributed by atoms with Crippen molar-refractivity contribution in [3.8, 4) is 0 Å². The second-order valence-electron chi connectivity index (χ2n) is 11.6. The molecule has 0 saturated heterocycles. The average molecular weight is 553 g/mol. The lowest BCUT2D eigenvalue weighted by atomic mass is 9.44. The van der Waals surface area contributed by atoms with Crippen molar-refractivity contribution >= 4 is 23.5 Å². The number of aliphatic hydroxyl groups is 3. The molecule has 0 heterocycles. The van der Waals surface area contributed by atoms with Crippen molar-refractivity contribution in [3.63, 3.8) is 0 Å². The third-order valence-electron chi connectivity index (χ3n) is 9.53. The summed E-state index contributed by atoms with van der Waals surface area (Å²) in [5.74, 6) is -4.08. The van der Waals surface area contributed by atoms with Crippen LogP contribution in [0.25, 0.3) is 0 Å². The smallest absolute Gasteiger partial charge is 0.190 e.